The van der Waals surface area contributed by atoms with Gasteiger partial charge in [0.1, 0.15) is 0 Å². The quantitative estimate of drug-likeness (QED) is 0.254. The fourth-order valence-corrected chi connectivity index (χ4v) is 2.18. The smallest absolute Gasteiger partial charge is 0.195 e. The number of benzene rings is 1. The molecule has 0 aliphatic rings. The Bertz CT molecular complexity index is 524. The van der Waals surface area contributed by atoms with Gasteiger partial charge in [-0.3, -0.25) is 4.99 Å². The molecule has 1 rings (SSSR count). The summed E-state index contributed by atoms with van der Waals surface area (Å²) in [7, 11) is 7.18. The summed E-state index contributed by atoms with van der Waals surface area (Å²) in [5.41, 5.74) is 0.903. The zero-order valence-electron chi connectivity index (χ0n) is 16.3. The molecule has 0 heterocycles. The van der Waals surface area contributed by atoms with Crippen LogP contribution in [-0.4, -0.2) is 58.3 Å². The van der Waals surface area contributed by atoms with E-state index in [0.717, 1.165) is 37.6 Å². The number of hydrogen-bond acceptors (Lipinski definition) is 4. The Kier molecular flexibility index (Phi) is 12.4. The van der Waals surface area contributed by atoms with E-state index in [4.69, 9.17) is 9.47 Å². The molecule has 2 N–H and O–H groups in total. The first-order valence-corrected chi connectivity index (χ1v) is 8.41. The first-order valence-electron chi connectivity index (χ1n) is 8.41. The van der Waals surface area contributed by atoms with Crippen LogP contribution >= 0.6 is 24.0 Å². The van der Waals surface area contributed by atoms with Crippen molar-refractivity contribution in [3.63, 3.8) is 0 Å². The molecule has 0 aromatic heterocycles. The fourth-order valence-electron chi connectivity index (χ4n) is 2.18. The van der Waals surface area contributed by atoms with Gasteiger partial charge in [0, 0.05) is 31.4 Å². The van der Waals surface area contributed by atoms with Gasteiger partial charge < -0.3 is 25.0 Å². The summed E-state index contributed by atoms with van der Waals surface area (Å²) in [6.45, 7) is 6.43. The Labute approximate surface area is 169 Å². The average molecular weight is 464 g/mol. The van der Waals surface area contributed by atoms with Crippen LogP contribution in [0.1, 0.15) is 26.7 Å². The standard InChI is InChI=1S/C18H32N4O2.HI/c1-14(2)22(4)12-8-7-11-20-18(19-3)21-15-9-10-16(23-5)17(13-15)24-6;/h9-10,13-14H,7-8,11-12H2,1-6H3,(H2,19,20,21);1H. The van der Waals surface area contributed by atoms with Gasteiger partial charge in [0.05, 0.1) is 14.2 Å². The monoisotopic (exact) mass is 464 g/mol. The Morgan fingerprint density at radius 2 is 1.84 bits per heavy atom. The van der Waals surface area contributed by atoms with Crippen LogP contribution in [0.4, 0.5) is 5.69 Å². The van der Waals surface area contributed by atoms with E-state index in [1.165, 1.54) is 0 Å². The Balaban J connectivity index is 0.00000576. The molecule has 0 unspecified atom stereocenters. The van der Waals surface area contributed by atoms with Gasteiger partial charge >= 0.3 is 0 Å². The zero-order chi connectivity index (χ0) is 17.9. The van der Waals surface area contributed by atoms with Crippen molar-refractivity contribution in [2.24, 2.45) is 4.99 Å². The highest BCUT2D eigenvalue weighted by atomic mass is 127. The van der Waals surface area contributed by atoms with Crippen molar-refractivity contribution in [1.29, 1.82) is 0 Å². The second-order valence-electron chi connectivity index (χ2n) is 5.98. The van der Waals surface area contributed by atoms with Crippen LogP contribution in [0.3, 0.4) is 0 Å². The van der Waals surface area contributed by atoms with Crippen molar-refractivity contribution in [2.45, 2.75) is 32.7 Å². The number of nitrogens with one attached hydrogen (secondary N) is 2. The first kappa shape index (κ1) is 23.8. The maximum absolute atomic E-state index is 5.32. The number of unbranched alkanes of at least 4 members (excludes halogenated alkanes) is 1. The topological polar surface area (TPSA) is 58.1 Å². The average Bonchev–Trinajstić information content (AvgIpc) is 2.59. The van der Waals surface area contributed by atoms with Crippen molar-refractivity contribution in [2.75, 3.05) is 46.7 Å². The van der Waals surface area contributed by atoms with E-state index in [-0.39, 0.29) is 24.0 Å². The highest BCUT2D eigenvalue weighted by molar-refractivity contribution is 14.0. The summed E-state index contributed by atoms with van der Waals surface area (Å²) in [5, 5.41) is 6.60. The van der Waals surface area contributed by atoms with Gasteiger partial charge in [-0.2, -0.15) is 0 Å². The lowest BCUT2D eigenvalue weighted by molar-refractivity contribution is 0.268. The minimum absolute atomic E-state index is 0. The summed E-state index contributed by atoms with van der Waals surface area (Å²) in [5.74, 6) is 2.15. The third-order valence-corrected chi connectivity index (χ3v) is 3.98. The van der Waals surface area contributed by atoms with E-state index in [2.05, 4.69) is 41.4 Å². The molecule has 0 saturated heterocycles. The van der Waals surface area contributed by atoms with Crippen molar-refractivity contribution in [1.82, 2.24) is 10.2 Å². The summed E-state index contributed by atoms with van der Waals surface area (Å²) >= 11 is 0. The third kappa shape index (κ3) is 8.62. The van der Waals surface area contributed by atoms with Crippen LogP contribution in [0.25, 0.3) is 0 Å². The number of rotatable bonds is 9. The van der Waals surface area contributed by atoms with Crippen LogP contribution in [0.5, 0.6) is 11.5 Å². The fraction of sp³-hybridized carbons (Fsp3) is 0.611. The van der Waals surface area contributed by atoms with Crippen LogP contribution < -0.4 is 20.1 Å². The number of nitrogens with zero attached hydrogens (tertiary/aromatic N) is 2. The lowest BCUT2D eigenvalue weighted by Gasteiger charge is -2.20. The maximum atomic E-state index is 5.32. The molecule has 1 aromatic rings. The molecule has 7 heteroatoms. The summed E-state index contributed by atoms with van der Waals surface area (Å²) < 4.78 is 10.6. The lowest BCUT2D eigenvalue weighted by atomic mass is 10.2. The molecule has 1 aromatic carbocycles. The molecule has 6 nitrogen and oxygen atoms in total. The SMILES string of the molecule is CN=C(NCCCCN(C)C(C)C)Nc1ccc(OC)c(OC)c1.I. The predicted molar refractivity (Wildman–Crippen MR) is 117 cm³/mol. The summed E-state index contributed by atoms with van der Waals surface area (Å²) in [4.78, 5) is 6.61. The molecule has 0 fully saturated rings. The number of ether oxygens (including phenoxy) is 2. The van der Waals surface area contributed by atoms with Gasteiger partial charge in [-0.15, -0.1) is 24.0 Å². The molecular weight excluding hydrogens is 431 g/mol. The van der Waals surface area contributed by atoms with E-state index in [1.54, 1.807) is 21.3 Å². The highest BCUT2D eigenvalue weighted by Gasteiger charge is 2.06. The largest absolute Gasteiger partial charge is 0.493 e. The molecule has 0 spiro atoms. The lowest BCUT2D eigenvalue weighted by Crippen LogP contribution is -2.32. The van der Waals surface area contributed by atoms with E-state index in [0.29, 0.717) is 17.5 Å². The molecule has 144 valence electrons. The molecule has 0 atom stereocenters. The highest BCUT2D eigenvalue weighted by Crippen LogP contribution is 2.29. The number of anilines is 1. The van der Waals surface area contributed by atoms with E-state index in [1.807, 2.05) is 18.2 Å². The molecule has 0 bridgehead atoms. The number of guanidine groups is 1. The van der Waals surface area contributed by atoms with Crippen molar-refractivity contribution in [3.05, 3.63) is 18.2 Å². The van der Waals surface area contributed by atoms with Crippen molar-refractivity contribution < 1.29 is 9.47 Å². The van der Waals surface area contributed by atoms with E-state index < -0.39 is 0 Å². The minimum atomic E-state index is 0. The van der Waals surface area contributed by atoms with E-state index >= 15 is 0 Å². The maximum Gasteiger partial charge on any atom is 0.195 e. The van der Waals surface area contributed by atoms with Gasteiger partial charge in [0.15, 0.2) is 17.5 Å². The van der Waals surface area contributed by atoms with Gasteiger partial charge in [-0.25, -0.2) is 0 Å². The minimum Gasteiger partial charge on any atom is -0.493 e. The van der Waals surface area contributed by atoms with Gasteiger partial charge in [-0.1, -0.05) is 0 Å². The third-order valence-electron chi connectivity index (χ3n) is 3.98. The van der Waals surface area contributed by atoms with Crippen molar-refractivity contribution in [3.8, 4) is 11.5 Å². The molecule has 25 heavy (non-hydrogen) atoms. The molecule has 0 radical (unpaired) electrons. The molecule has 0 aliphatic carbocycles. The second kappa shape index (κ2) is 13.0. The summed E-state index contributed by atoms with van der Waals surface area (Å²) in [6, 6.07) is 6.29. The molecule has 0 aliphatic heterocycles. The van der Waals surface area contributed by atoms with Gasteiger partial charge in [-0.05, 0) is 52.4 Å². The number of methoxy groups -OCH3 is 2. The van der Waals surface area contributed by atoms with Crippen molar-refractivity contribution >= 4 is 35.6 Å². The molecular formula is C18H33IN4O2. The van der Waals surface area contributed by atoms with Crippen LogP contribution in [-0.2, 0) is 0 Å². The van der Waals surface area contributed by atoms with Gasteiger partial charge in [0.25, 0.3) is 0 Å². The second-order valence-corrected chi connectivity index (χ2v) is 5.98. The van der Waals surface area contributed by atoms with Crippen LogP contribution in [0.2, 0.25) is 0 Å². The Morgan fingerprint density at radius 1 is 1.16 bits per heavy atom. The summed E-state index contributed by atoms with van der Waals surface area (Å²) in [6.07, 6.45) is 2.26. The normalized spacial score (nSPS) is 11.3. The van der Waals surface area contributed by atoms with Gasteiger partial charge in [0.2, 0.25) is 0 Å². The van der Waals surface area contributed by atoms with E-state index in [9.17, 15) is 0 Å². The number of aliphatic imine (C=N–C) groups is 1. The van der Waals surface area contributed by atoms with Crippen LogP contribution in [0, 0.1) is 0 Å². The van der Waals surface area contributed by atoms with Crippen LogP contribution in [0.15, 0.2) is 23.2 Å². The predicted octanol–water partition coefficient (Wildman–Crippen LogP) is 3.43. The molecule has 0 saturated carbocycles. The number of hydrogen-bond donors (Lipinski definition) is 2. The number of halogens is 1. The Morgan fingerprint density at radius 3 is 2.40 bits per heavy atom. The Hall–Kier alpha value is -1.22. The molecule has 0 amide bonds. The zero-order valence-corrected chi connectivity index (χ0v) is 18.6. The first-order chi connectivity index (χ1) is 11.5.